The van der Waals surface area contributed by atoms with E-state index in [4.69, 9.17) is 9.72 Å². The lowest BCUT2D eigenvalue weighted by molar-refractivity contribution is 0.205. The summed E-state index contributed by atoms with van der Waals surface area (Å²) in [6, 6.07) is 10.6. The lowest BCUT2D eigenvalue weighted by atomic mass is 10.1. The van der Waals surface area contributed by atoms with Crippen LogP contribution in [0.4, 0.5) is 5.13 Å². The lowest BCUT2D eigenvalue weighted by Crippen LogP contribution is -2.29. The van der Waals surface area contributed by atoms with Gasteiger partial charge in [-0.15, -0.1) is 0 Å². The normalized spacial score (nSPS) is 14.4. The Morgan fingerprint density at radius 3 is 2.71 bits per heavy atom. The predicted octanol–water partition coefficient (Wildman–Crippen LogP) is 2.92. The number of thiazole rings is 1. The van der Waals surface area contributed by atoms with Gasteiger partial charge in [0.25, 0.3) is 0 Å². The van der Waals surface area contributed by atoms with E-state index < -0.39 is 0 Å². The summed E-state index contributed by atoms with van der Waals surface area (Å²) in [5.41, 5.74) is 1.97. The number of benzene rings is 1. The van der Waals surface area contributed by atoms with Gasteiger partial charge in [0.2, 0.25) is 0 Å². The summed E-state index contributed by atoms with van der Waals surface area (Å²) in [7, 11) is 1.72. The third kappa shape index (κ3) is 3.26. The highest BCUT2D eigenvalue weighted by Gasteiger charge is 2.31. The number of ether oxygens (including phenoxy) is 1. The fourth-order valence-electron chi connectivity index (χ4n) is 2.40. The van der Waals surface area contributed by atoms with Crippen molar-refractivity contribution < 1.29 is 9.84 Å². The molecule has 112 valence electrons. The van der Waals surface area contributed by atoms with Crippen molar-refractivity contribution in [3.63, 3.8) is 0 Å². The van der Waals surface area contributed by atoms with E-state index in [1.807, 2.05) is 30.3 Å². The molecular weight excluding hydrogens is 284 g/mol. The maximum Gasteiger partial charge on any atom is 0.186 e. The number of nitrogens with zero attached hydrogens (tertiary/aromatic N) is 2. The van der Waals surface area contributed by atoms with E-state index in [0.717, 1.165) is 27.8 Å². The molecule has 1 N–H and O–H groups in total. The van der Waals surface area contributed by atoms with Crippen LogP contribution in [0.25, 0.3) is 11.3 Å². The zero-order valence-electron chi connectivity index (χ0n) is 12.2. The zero-order chi connectivity index (χ0) is 14.7. The summed E-state index contributed by atoms with van der Waals surface area (Å²) < 4.78 is 5.21. The zero-order valence-corrected chi connectivity index (χ0v) is 13.0. The first-order chi connectivity index (χ1) is 10.3. The molecule has 0 spiro atoms. The Morgan fingerprint density at radius 1 is 1.33 bits per heavy atom. The first kappa shape index (κ1) is 14.5. The molecule has 5 heteroatoms. The first-order valence-electron chi connectivity index (χ1n) is 7.25. The second kappa shape index (κ2) is 6.56. The molecule has 0 saturated heterocycles. The molecule has 1 aromatic carbocycles. The Labute approximate surface area is 129 Å². The third-order valence-corrected chi connectivity index (χ3v) is 4.72. The van der Waals surface area contributed by atoms with Crippen molar-refractivity contribution in [3.8, 4) is 11.3 Å². The quantitative estimate of drug-likeness (QED) is 0.854. The average molecular weight is 304 g/mol. The van der Waals surface area contributed by atoms with Crippen LogP contribution < -0.4 is 4.90 Å². The van der Waals surface area contributed by atoms with Crippen LogP contribution in [-0.4, -0.2) is 36.4 Å². The average Bonchev–Trinajstić information content (AvgIpc) is 3.27. The van der Waals surface area contributed by atoms with Gasteiger partial charge in [0.1, 0.15) is 0 Å². The fourth-order valence-corrected chi connectivity index (χ4v) is 3.44. The van der Waals surface area contributed by atoms with E-state index in [1.165, 1.54) is 12.8 Å². The molecule has 1 heterocycles. The van der Waals surface area contributed by atoms with Crippen LogP contribution in [0, 0.1) is 0 Å². The molecule has 0 radical (unpaired) electrons. The van der Waals surface area contributed by atoms with Gasteiger partial charge in [0.15, 0.2) is 5.13 Å². The minimum absolute atomic E-state index is 0.0324. The highest BCUT2D eigenvalue weighted by molar-refractivity contribution is 7.16. The standard InChI is InChI=1S/C16H20N2O2S/c1-20-10-9-18(13-7-8-13)16-17-15(14(11-19)21-16)12-5-3-2-4-6-12/h2-6,13,19H,7-11H2,1H3. The molecule has 3 rings (SSSR count). The number of methoxy groups -OCH3 is 1. The lowest BCUT2D eigenvalue weighted by Gasteiger charge is -2.20. The number of aliphatic hydroxyl groups is 1. The Morgan fingerprint density at radius 2 is 2.10 bits per heavy atom. The number of aliphatic hydroxyl groups excluding tert-OH is 1. The van der Waals surface area contributed by atoms with Crippen molar-refractivity contribution in [2.45, 2.75) is 25.5 Å². The second-order valence-electron chi connectivity index (χ2n) is 5.21. The number of rotatable bonds is 7. The highest BCUT2D eigenvalue weighted by Crippen LogP contribution is 2.38. The summed E-state index contributed by atoms with van der Waals surface area (Å²) in [5.74, 6) is 0. The van der Waals surface area contributed by atoms with Gasteiger partial charge in [-0.25, -0.2) is 4.98 Å². The summed E-state index contributed by atoms with van der Waals surface area (Å²) in [6.07, 6.45) is 2.44. The van der Waals surface area contributed by atoms with E-state index in [2.05, 4.69) is 4.90 Å². The van der Waals surface area contributed by atoms with E-state index in [9.17, 15) is 5.11 Å². The summed E-state index contributed by atoms with van der Waals surface area (Å²) >= 11 is 1.59. The van der Waals surface area contributed by atoms with Crippen molar-refractivity contribution in [2.75, 3.05) is 25.2 Å². The third-order valence-electron chi connectivity index (χ3n) is 3.65. The molecule has 1 fully saturated rings. The molecule has 1 saturated carbocycles. The van der Waals surface area contributed by atoms with Gasteiger partial charge in [-0.1, -0.05) is 41.7 Å². The molecule has 1 aliphatic rings. The largest absolute Gasteiger partial charge is 0.391 e. The van der Waals surface area contributed by atoms with Crippen LogP contribution in [0.5, 0.6) is 0 Å². The molecule has 21 heavy (non-hydrogen) atoms. The van der Waals surface area contributed by atoms with E-state index >= 15 is 0 Å². The van der Waals surface area contributed by atoms with Crippen molar-refractivity contribution >= 4 is 16.5 Å². The Bertz CT molecular complexity index is 581. The van der Waals surface area contributed by atoms with Crippen LogP contribution in [0.2, 0.25) is 0 Å². The van der Waals surface area contributed by atoms with Crippen molar-refractivity contribution in [2.24, 2.45) is 0 Å². The maximum absolute atomic E-state index is 9.63. The van der Waals surface area contributed by atoms with Gasteiger partial charge in [-0.05, 0) is 12.8 Å². The van der Waals surface area contributed by atoms with Gasteiger partial charge >= 0.3 is 0 Å². The highest BCUT2D eigenvalue weighted by atomic mass is 32.1. The minimum Gasteiger partial charge on any atom is -0.391 e. The van der Waals surface area contributed by atoms with Crippen molar-refractivity contribution in [1.82, 2.24) is 4.98 Å². The van der Waals surface area contributed by atoms with Gasteiger partial charge in [-0.2, -0.15) is 0 Å². The molecular formula is C16H20N2O2S. The van der Waals surface area contributed by atoms with Crippen LogP contribution in [0.3, 0.4) is 0 Å². The van der Waals surface area contributed by atoms with Crippen LogP contribution in [0.15, 0.2) is 30.3 Å². The minimum atomic E-state index is 0.0324. The van der Waals surface area contributed by atoms with E-state index in [-0.39, 0.29) is 6.61 Å². The van der Waals surface area contributed by atoms with E-state index in [0.29, 0.717) is 12.6 Å². The Balaban J connectivity index is 1.91. The molecule has 2 aromatic rings. The summed E-state index contributed by atoms with van der Waals surface area (Å²) in [6.45, 7) is 1.59. The number of hydrogen-bond donors (Lipinski definition) is 1. The first-order valence-corrected chi connectivity index (χ1v) is 8.06. The molecule has 4 nitrogen and oxygen atoms in total. The second-order valence-corrected chi connectivity index (χ2v) is 6.27. The SMILES string of the molecule is COCCN(c1nc(-c2ccccc2)c(CO)s1)C1CC1. The summed E-state index contributed by atoms with van der Waals surface area (Å²) in [5, 5.41) is 10.6. The molecule has 0 atom stereocenters. The maximum atomic E-state index is 9.63. The van der Waals surface area contributed by atoms with E-state index in [1.54, 1.807) is 18.4 Å². The number of aromatic nitrogens is 1. The van der Waals surface area contributed by atoms with Crippen molar-refractivity contribution in [3.05, 3.63) is 35.2 Å². The molecule has 0 unspecified atom stereocenters. The smallest absolute Gasteiger partial charge is 0.186 e. The van der Waals surface area contributed by atoms with Crippen LogP contribution in [-0.2, 0) is 11.3 Å². The summed E-state index contributed by atoms with van der Waals surface area (Å²) in [4.78, 5) is 8.04. The molecule has 0 bridgehead atoms. The predicted molar refractivity (Wildman–Crippen MR) is 85.7 cm³/mol. The number of hydrogen-bond acceptors (Lipinski definition) is 5. The molecule has 1 aliphatic carbocycles. The number of anilines is 1. The van der Waals surface area contributed by atoms with Crippen LogP contribution >= 0.6 is 11.3 Å². The molecule has 0 aliphatic heterocycles. The fraction of sp³-hybridized carbons (Fsp3) is 0.438. The van der Waals surface area contributed by atoms with Gasteiger partial charge in [0, 0.05) is 25.3 Å². The van der Waals surface area contributed by atoms with Gasteiger partial charge in [-0.3, -0.25) is 0 Å². The van der Waals surface area contributed by atoms with Crippen molar-refractivity contribution in [1.29, 1.82) is 0 Å². The molecule has 1 aromatic heterocycles. The monoisotopic (exact) mass is 304 g/mol. The Hall–Kier alpha value is -1.43. The molecule has 0 amide bonds. The van der Waals surface area contributed by atoms with Crippen LogP contribution in [0.1, 0.15) is 17.7 Å². The van der Waals surface area contributed by atoms with Gasteiger partial charge < -0.3 is 14.7 Å². The Kier molecular flexibility index (Phi) is 4.53. The van der Waals surface area contributed by atoms with Gasteiger partial charge in [0.05, 0.1) is 23.8 Å². The topological polar surface area (TPSA) is 45.6 Å².